The normalized spacial score (nSPS) is 11.4. The first-order chi connectivity index (χ1) is 13.9. The second kappa shape index (κ2) is 7.52. The van der Waals surface area contributed by atoms with Gasteiger partial charge in [-0.3, -0.25) is 4.72 Å². The van der Waals surface area contributed by atoms with Crippen LogP contribution in [-0.4, -0.2) is 18.4 Å². The van der Waals surface area contributed by atoms with E-state index in [9.17, 15) is 8.42 Å². The summed E-state index contributed by atoms with van der Waals surface area (Å²) in [6.45, 7) is 3.89. The Kier molecular flexibility index (Phi) is 4.90. The molecule has 0 amide bonds. The van der Waals surface area contributed by atoms with E-state index in [2.05, 4.69) is 20.0 Å². The Morgan fingerprint density at radius 3 is 2.03 bits per heavy atom. The van der Waals surface area contributed by atoms with Gasteiger partial charge in [-0.15, -0.1) is 0 Å². The zero-order chi connectivity index (χ0) is 20.4. The molecular weight excluding hydrogens is 384 g/mol. The molecule has 0 fully saturated rings. The maximum Gasteiger partial charge on any atom is 0.263 e. The summed E-state index contributed by atoms with van der Waals surface area (Å²) in [6, 6.07) is 21.7. The van der Waals surface area contributed by atoms with Gasteiger partial charge in [0.05, 0.1) is 15.9 Å². The highest BCUT2D eigenvalue weighted by atomic mass is 32.2. The van der Waals surface area contributed by atoms with Crippen LogP contribution in [0.3, 0.4) is 0 Å². The van der Waals surface area contributed by atoms with Crippen molar-refractivity contribution in [1.29, 1.82) is 0 Å². The van der Waals surface area contributed by atoms with Gasteiger partial charge in [0.25, 0.3) is 10.0 Å². The van der Waals surface area contributed by atoms with E-state index in [1.54, 1.807) is 30.3 Å². The van der Waals surface area contributed by atoms with Crippen molar-refractivity contribution in [3.05, 3.63) is 83.9 Å². The predicted molar refractivity (Wildman–Crippen MR) is 116 cm³/mol. The van der Waals surface area contributed by atoms with Crippen molar-refractivity contribution < 1.29 is 8.42 Å². The molecule has 4 rings (SSSR count). The van der Waals surface area contributed by atoms with Crippen molar-refractivity contribution in [2.75, 3.05) is 10.0 Å². The summed E-state index contributed by atoms with van der Waals surface area (Å²) in [6.07, 6.45) is 0. The van der Waals surface area contributed by atoms with Gasteiger partial charge in [-0.2, -0.15) is 0 Å². The van der Waals surface area contributed by atoms with E-state index in [-0.39, 0.29) is 10.7 Å². The highest BCUT2D eigenvalue weighted by Gasteiger charge is 2.19. The number of anilines is 3. The van der Waals surface area contributed by atoms with E-state index < -0.39 is 10.0 Å². The molecule has 1 aromatic heterocycles. The molecule has 0 unspecified atom stereocenters. The van der Waals surface area contributed by atoms with Crippen LogP contribution >= 0.6 is 0 Å². The van der Waals surface area contributed by atoms with Crippen molar-refractivity contribution in [2.24, 2.45) is 0 Å². The number of sulfonamides is 1. The van der Waals surface area contributed by atoms with Gasteiger partial charge in [-0.05, 0) is 55.8 Å². The molecule has 0 saturated carbocycles. The number of benzene rings is 3. The van der Waals surface area contributed by atoms with Gasteiger partial charge in [0, 0.05) is 5.69 Å². The molecule has 0 atom stereocenters. The maximum atomic E-state index is 12.9. The molecule has 0 aliphatic heterocycles. The standard InChI is InChI=1S/C22H20N4O2S/c1-15-10-12-18(13-11-15)29(27,28)26-22-21(23-17-7-5-6-16(2)14-17)24-19-8-3-4-9-20(19)25-22/h3-14H,1-2H3,(H,23,24)(H,25,26). The highest BCUT2D eigenvalue weighted by Crippen LogP contribution is 2.27. The molecule has 0 aliphatic carbocycles. The quantitative estimate of drug-likeness (QED) is 0.500. The Bertz CT molecular complexity index is 1290. The third-order valence-corrected chi connectivity index (χ3v) is 5.77. The number of nitrogens with one attached hydrogen (secondary N) is 2. The van der Waals surface area contributed by atoms with Gasteiger partial charge in [-0.25, -0.2) is 18.4 Å². The second-order valence-electron chi connectivity index (χ2n) is 6.82. The monoisotopic (exact) mass is 404 g/mol. The van der Waals surface area contributed by atoms with Gasteiger partial charge >= 0.3 is 0 Å². The van der Waals surface area contributed by atoms with E-state index in [4.69, 9.17) is 0 Å². The van der Waals surface area contributed by atoms with Crippen LogP contribution in [-0.2, 0) is 10.0 Å². The molecule has 4 aromatic rings. The molecule has 0 bridgehead atoms. The van der Waals surface area contributed by atoms with Crippen molar-refractivity contribution in [3.63, 3.8) is 0 Å². The Morgan fingerprint density at radius 2 is 1.38 bits per heavy atom. The zero-order valence-corrected chi connectivity index (χ0v) is 16.9. The molecule has 0 spiro atoms. The van der Waals surface area contributed by atoms with Crippen LogP contribution in [0.15, 0.2) is 77.7 Å². The lowest BCUT2D eigenvalue weighted by molar-refractivity contribution is 0.601. The van der Waals surface area contributed by atoms with Gasteiger partial charge < -0.3 is 5.32 Å². The third kappa shape index (κ3) is 4.20. The molecule has 0 saturated heterocycles. The lowest BCUT2D eigenvalue weighted by Crippen LogP contribution is -2.16. The van der Waals surface area contributed by atoms with Gasteiger partial charge in [-0.1, -0.05) is 42.0 Å². The fourth-order valence-corrected chi connectivity index (χ4v) is 3.93. The van der Waals surface area contributed by atoms with Crippen molar-refractivity contribution in [1.82, 2.24) is 9.97 Å². The maximum absolute atomic E-state index is 12.9. The van der Waals surface area contributed by atoms with Crippen LogP contribution in [0.1, 0.15) is 11.1 Å². The number of aryl methyl sites for hydroxylation is 2. The number of fused-ring (bicyclic) bond motifs is 1. The minimum absolute atomic E-state index is 0.144. The van der Waals surface area contributed by atoms with E-state index in [1.807, 2.05) is 56.3 Å². The van der Waals surface area contributed by atoms with Gasteiger partial charge in [0.1, 0.15) is 0 Å². The summed E-state index contributed by atoms with van der Waals surface area (Å²) in [5.74, 6) is 0.482. The largest absolute Gasteiger partial charge is 0.337 e. The Hall–Kier alpha value is -3.45. The molecule has 146 valence electrons. The lowest BCUT2D eigenvalue weighted by Gasteiger charge is -2.14. The predicted octanol–water partition coefficient (Wildman–Crippen LogP) is 4.79. The molecule has 6 nitrogen and oxygen atoms in total. The minimum atomic E-state index is -3.81. The number of nitrogens with zero attached hydrogens (tertiary/aromatic N) is 2. The number of para-hydroxylation sites is 2. The molecule has 1 heterocycles. The van der Waals surface area contributed by atoms with Crippen molar-refractivity contribution >= 4 is 38.4 Å². The van der Waals surface area contributed by atoms with E-state index >= 15 is 0 Å². The molecule has 2 N–H and O–H groups in total. The summed E-state index contributed by atoms with van der Waals surface area (Å²) in [5.41, 5.74) is 4.12. The summed E-state index contributed by atoms with van der Waals surface area (Å²) in [4.78, 5) is 9.26. The topological polar surface area (TPSA) is 84.0 Å². The van der Waals surface area contributed by atoms with Crippen LogP contribution in [0.5, 0.6) is 0 Å². The number of rotatable bonds is 5. The smallest absolute Gasteiger partial charge is 0.263 e. The first-order valence-electron chi connectivity index (χ1n) is 9.11. The van der Waals surface area contributed by atoms with Crippen LogP contribution in [0.2, 0.25) is 0 Å². The molecule has 3 aromatic carbocycles. The molecule has 7 heteroatoms. The zero-order valence-electron chi connectivity index (χ0n) is 16.0. The number of hydrogen-bond donors (Lipinski definition) is 2. The number of hydrogen-bond acceptors (Lipinski definition) is 5. The SMILES string of the molecule is Cc1ccc(S(=O)(=O)Nc2nc3ccccc3nc2Nc2cccc(C)c2)cc1. The minimum Gasteiger partial charge on any atom is -0.337 e. The highest BCUT2D eigenvalue weighted by molar-refractivity contribution is 7.92. The molecule has 0 aliphatic rings. The average Bonchev–Trinajstić information content (AvgIpc) is 2.68. The number of aromatic nitrogens is 2. The average molecular weight is 404 g/mol. The van der Waals surface area contributed by atoms with Crippen LogP contribution < -0.4 is 10.0 Å². The van der Waals surface area contributed by atoms with Crippen LogP contribution in [0, 0.1) is 13.8 Å². The first kappa shape index (κ1) is 18.9. The second-order valence-corrected chi connectivity index (χ2v) is 8.50. The van der Waals surface area contributed by atoms with E-state index in [1.165, 1.54) is 0 Å². The fourth-order valence-electron chi connectivity index (χ4n) is 2.92. The summed E-state index contributed by atoms with van der Waals surface area (Å²) >= 11 is 0. The summed E-state index contributed by atoms with van der Waals surface area (Å²) in [5, 5.41) is 3.19. The summed E-state index contributed by atoms with van der Waals surface area (Å²) in [7, 11) is -3.81. The Balaban J connectivity index is 1.78. The van der Waals surface area contributed by atoms with Gasteiger partial charge in [0.2, 0.25) is 0 Å². The Morgan fingerprint density at radius 1 is 0.724 bits per heavy atom. The van der Waals surface area contributed by atoms with Crippen molar-refractivity contribution in [3.8, 4) is 0 Å². The molecule has 29 heavy (non-hydrogen) atoms. The molecule has 0 radical (unpaired) electrons. The molecular formula is C22H20N4O2S. The first-order valence-corrected chi connectivity index (χ1v) is 10.6. The Labute approximate surface area is 169 Å². The van der Waals surface area contributed by atoms with Gasteiger partial charge in [0.15, 0.2) is 11.6 Å². The van der Waals surface area contributed by atoms with Crippen molar-refractivity contribution in [2.45, 2.75) is 18.7 Å². The van der Waals surface area contributed by atoms with Crippen LogP contribution in [0.25, 0.3) is 11.0 Å². The van der Waals surface area contributed by atoms with E-state index in [0.29, 0.717) is 16.9 Å². The van der Waals surface area contributed by atoms with Crippen LogP contribution in [0.4, 0.5) is 17.3 Å². The van der Waals surface area contributed by atoms with E-state index in [0.717, 1.165) is 16.8 Å². The third-order valence-electron chi connectivity index (χ3n) is 4.41. The lowest BCUT2D eigenvalue weighted by atomic mass is 10.2. The summed E-state index contributed by atoms with van der Waals surface area (Å²) < 4.78 is 28.4. The fraction of sp³-hybridized carbons (Fsp3) is 0.0909.